The van der Waals surface area contributed by atoms with E-state index < -0.39 is 5.60 Å². The van der Waals surface area contributed by atoms with Gasteiger partial charge in [-0.1, -0.05) is 41.4 Å². The van der Waals surface area contributed by atoms with Gasteiger partial charge < -0.3 is 14.2 Å². The van der Waals surface area contributed by atoms with Gasteiger partial charge in [0.1, 0.15) is 11.4 Å². The minimum atomic E-state index is -0.448. The maximum absolute atomic E-state index is 12.0. The van der Waals surface area contributed by atoms with Gasteiger partial charge in [0.15, 0.2) is 0 Å². The monoisotopic (exact) mass is 493 g/mol. The van der Waals surface area contributed by atoms with Gasteiger partial charge >= 0.3 is 5.97 Å². The predicted octanol–water partition coefficient (Wildman–Crippen LogP) is 6.11. The Labute approximate surface area is 206 Å². The molecule has 3 rings (SSSR count). The number of nitrogens with zero attached hydrogens (tertiary/aromatic N) is 1. The fourth-order valence-corrected chi connectivity index (χ4v) is 4.32. The summed E-state index contributed by atoms with van der Waals surface area (Å²) in [5.74, 6) is 0.658. The number of hydrogen-bond donors (Lipinski definition) is 0. The number of rotatable bonds is 9. The minimum Gasteiger partial charge on any atom is -0.494 e. The molecular formula is C26H33Cl2NO4. The van der Waals surface area contributed by atoms with Gasteiger partial charge in [0.05, 0.1) is 25.7 Å². The second-order valence-electron chi connectivity index (χ2n) is 9.22. The highest BCUT2D eigenvalue weighted by Gasteiger charge is 2.23. The molecule has 7 heteroatoms. The molecule has 1 aliphatic heterocycles. The smallest absolute Gasteiger partial charge is 0.307 e. The molecule has 33 heavy (non-hydrogen) atoms. The van der Waals surface area contributed by atoms with Crippen LogP contribution < -0.4 is 4.74 Å². The molecule has 0 aliphatic carbocycles. The molecule has 0 radical (unpaired) electrons. The Morgan fingerprint density at radius 1 is 1.12 bits per heavy atom. The molecule has 1 aliphatic rings. The van der Waals surface area contributed by atoms with Crippen LogP contribution in [0.15, 0.2) is 42.5 Å². The highest BCUT2D eigenvalue weighted by Crippen LogP contribution is 2.27. The molecule has 0 N–H and O–H groups in total. The van der Waals surface area contributed by atoms with Crippen molar-refractivity contribution in [2.24, 2.45) is 0 Å². The lowest BCUT2D eigenvalue weighted by molar-refractivity contribution is -0.155. The quantitative estimate of drug-likeness (QED) is 0.311. The third kappa shape index (κ3) is 8.49. The Morgan fingerprint density at radius 3 is 2.48 bits per heavy atom. The lowest BCUT2D eigenvalue weighted by atomic mass is 10.1. The Balaban J connectivity index is 1.43. The molecule has 1 saturated heterocycles. The van der Waals surface area contributed by atoms with E-state index in [4.69, 9.17) is 37.4 Å². The molecule has 2 aromatic carbocycles. The van der Waals surface area contributed by atoms with E-state index in [0.717, 1.165) is 42.8 Å². The van der Waals surface area contributed by atoms with Crippen LogP contribution in [0.3, 0.4) is 0 Å². The van der Waals surface area contributed by atoms with Crippen LogP contribution in [0.5, 0.6) is 5.75 Å². The number of benzene rings is 2. The summed E-state index contributed by atoms with van der Waals surface area (Å²) in [4.78, 5) is 14.3. The highest BCUT2D eigenvalue weighted by atomic mass is 35.5. The molecule has 1 unspecified atom stereocenters. The summed E-state index contributed by atoms with van der Waals surface area (Å²) in [6.07, 6.45) is 1.96. The van der Waals surface area contributed by atoms with Crippen molar-refractivity contribution >= 4 is 29.2 Å². The number of esters is 1. The third-order valence-corrected chi connectivity index (χ3v) is 6.06. The van der Waals surface area contributed by atoms with Gasteiger partial charge in [-0.05, 0) is 69.0 Å². The Morgan fingerprint density at radius 2 is 1.82 bits per heavy atom. The third-order valence-electron chi connectivity index (χ3n) is 5.36. The van der Waals surface area contributed by atoms with Crippen molar-refractivity contribution in [1.29, 1.82) is 0 Å². The number of carbonyl (C=O) groups is 1. The van der Waals surface area contributed by atoms with E-state index in [0.29, 0.717) is 36.2 Å². The van der Waals surface area contributed by atoms with Crippen LogP contribution in [-0.4, -0.2) is 49.3 Å². The summed E-state index contributed by atoms with van der Waals surface area (Å²) in [6.45, 7) is 9.12. The first-order valence-corrected chi connectivity index (χ1v) is 12.2. The summed E-state index contributed by atoms with van der Waals surface area (Å²) in [5, 5.41) is 1.39. The first-order chi connectivity index (χ1) is 15.7. The van der Waals surface area contributed by atoms with Crippen molar-refractivity contribution in [3.63, 3.8) is 0 Å². The molecule has 1 atom stereocenters. The Hall–Kier alpha value is -1.79. The maximum atomic E-state index is 12.0. The van der Waals surface area contributed by atoms with Gasteiger partial charge in [-0.15, -0.1) is 0 Å². The molecule has 0 spiro atoms. The largest absolute Gasteiger partial charge is 0.494 e. The first-order valence-electron chi connectivity index (χ1n) is 11.4. The van der Waals surface area contributed by atoms with E-state index >= 15 is 0 Å². The van der Waals surface area contributed by atoms with Crippen LogP contribution in [0.2, 0.25) is 10.0 Å². The standard InChI is InChI=1S/C26H33Cl2NO4/c1-26(2,3)33-25(30)13-14-29-15-17-32-24(18-29)19-9-11-20(12-10-19)31-16-5-6-21-22(27)7-4-8-23(21)28/h4,7-12,24H,5-6,13-18H2,1-3H3. The van der Waals surface area contributed by atoms with Crippen LogP contribution >= 0.6 is 23.2 Å². The number of carbonyl (C=O) groups excluding carboxylic acids is 1. The van der Waals surface area contributed by atoms with E-state index in [9.17, 15) is 4.79 Å². The van der Waals surface area contributed by atoms with Crippen LogP contribution in [-0.2, 0) is 20.7 Å². The minimum absolute atomic E-state index is 0.0196. The van der Waals surface area contributed by atoms with Gasteiger partial charge in [-0.3, -0.25) is 9.69 Å². The van der Waals surface area contributed by atoms with E-state index in [1.807, 2.05) is 63.2 Å². The number of hydrogen-bond acceptors (Lipinski definition) is 5. The van der Waals surface area contributed by atoms with Gasteiger partial charge in [0.2, 0.25) is 0 Å². The molecule has 0 bridgehead atoms. The van der Waals surface area contributed by atoms with E-state index in [2.05, 4.69) is 4.90 Å². The Bertz CT molecular complexity index is 891. The summed E-state index contributed by atoms with van der Waals surface area (Å²) in [5.41, 5.74) is 1.62. The normalized spacial score (nSPS) is 17.1. The zero-order valence-corrected chi connectivity index (χ0v) is 21.1. The van der Waals surface area contributed by atoms with Crippen LogP contribution in [0, 0.1) is 0 Å². The van der Waals surface area contributed by atoms with Gasteiger partial charge in [-0.2, -0.15) is 0 Å². The molecule has 180 valence electrons. The molecule has 1 heterocycles. The molecule has 5 nitrogen and oxygen atoms in total. The summed E-state index contributed by atoms with van der Waals surface area (Å²) in [6, 6.07) is 13.6. The number of ether oxygens (including phenoxy) is 3. The fraction of sp³-hybridized carbons (Fsp3) is 0.500. The van der Waals surface area contributed by atoms with E-state index in [-0.39, 0.29) is 12.1 Å². The van der Waals surface area contributed by atoms with Crippen molar-refractivity contribution < 1.29 is 19.0 Å². The Kier molecular flexibility index (Phi) is 9.45. The van der Waals surface area contributed by atoms with Crippen molar-refractivity contribution in [3.8, 4) is 5.75 Å². The van der Waals surface area contributed by atoms with Crippen molar-refractivity contribution in [2.75, 3.05) is 32.8 Å². The highest BCUT2D eigenvalue weighted by molar-refractivity contribution is 6.35. The zero-order chi connectivity index (χ0) is 23.8. The van der Waals surface area contributed by atoms with Crippen molar-refractivity contribution in [3.05, 3.63) is 63.6 Å². The number of morpholine rings is 1. The maximum Gasteiger partial charge on any atom is 0.307 e. The van der Waals surface area contributed by atoms with Gasteiger partial charge in [-0.25, -0.2) is 0 Å². The summed E-state index contributed by atoms with van der Waals surface area (Å²) in [7, 11) is 0. The number of halogens is 2. The topological polar surface area (TPSA) is 48.0 Å². The molecule has 0 aromatic heterocycles. The molecule has 0 saturated carbocycles. The lowest BCUT2D eigenvalue weighted by Gasteiger charge is -2.33. The average molecular weight is 494 g/mol. The summed E-state index contributed by atoms with van der Waals surface area (Å²) >= 11 is 12.4. The SMILES string of the molecule is CC(C)(C)OC(=O)CCN1CCOC(c2ccc(OCCCc3c(Cl)cccc3Cl)cc2)C1. The lowest BCUT2D eigenvalue weighted by Crippen LogP contribution is -2.39. The first kappa shape index (κ1) is 25.8. The second-order valence-corrected chi connectivity index (χ2v) is 10.0. The molecule has 1 fully saturated rings. The molecular weight excluding hydrogens is 461 g/mol. The van der Waals surface area contributed by atoms with Crippen LogP contribution in [0.4, 0.5) is 0 Å². The molecule has 0 amide bonds. The van der Waals surface area contributed by atoms with Gasteiger partial charge in [0.25, 0.3) is 0 Å². The average Bonchev–Trinajstić information content (AvgIpc) is 2.76. The second kappa shape index (κ2) is 12.1. The van der Waals surface area contributed by atoms with Crippen molar-refractivity contribution in [1.82, 2.24) is 4.90 Å². The fourth-order valence-electron chi connectivity index (χ4n) is 3.74. The zero-order valence-electron chi connectivity index (χ0n) is 19.6. The van der Waals surface area contributed by atoms with Crippen LogP contribution in [0.25, 0.3) is 0 Å². The van der Waals surface area contributed by atoms with E-state index in [1.165, 1.54) is 0 Å². The molecule has 2 aromatic rings. The van der Waals surface area contributed by atoms with Crippen molar-refractivity contribution in [2.45, 2.75) is 51.7 Å². The van der Waals surface area contributed by atoms with Crippen LogP contribution in [0.1, 0.15) is 50.8 Å². The van der Waals surface area contributed by atoms with E-state index in [1.54, 1.807) is 0 Å². The summed E-state index contributed by atoms with van der Waals surface area (Å²) < 4.78 is 17.3. The van der Waals surface area contributed by atoms with Gasteiger partial charge in [0, 0.05) is 29.7 Å². The predicted molar refractivity (Wildman–Crippen MR) is 132 cm³/mol.